The lowest BCUT2D eigenvalue weighted by Crippen LogP contribution is -2.12. The fraction of sp³-hybridized carbons (Fsp3) is 0.0800. The summed E-state index contributed by atoms with van der Waals surface area (Å²) in [5.41, 5.74) is 0.497. The summed E-state index contributed by atoms with van der Waals surface area (Å²) in [5.74, 6) is -0.675. The van der Waals surface area contributed by atoms with Gasteiger partial charge in [0.1, 0.15) is 22.0 Å². The number of rotatable bonds is 6. The lowest BCUT2D eigenvalue weighted by molar-refractivity contribution is 0.102. The number of aryl methyl sites for hydroxylation is 1. The number of nitrogens with zero attached hydrogens (tertiary/aromatic N) is 2. The standard InChI is InChI=1S/C25H19Cl2N3O6S/c1-13-9-20(22(27)21(10-13)37(33,34)35)29-30-23-16-6-4-3-5-14(16)11-17(24(23)31)25(32)28-19-12-15(36-2)7-8-18(19)26/h3-12,31H,1-2H3,(H,28,32)(H,33,34,35). The molecular formula is C25H19Cl2N3O6S. The highest BCUT2D eigenvalue weighted by atomic mass is 35.5. The molecule has 3 N–H and O–H groups in total. The highest BCUT2D eigenvalue weighted by Gasteiger charge is 2.21. The molecule has 0 fully saturated rings. The number of azo groups is 1. The molecule has 4 aromatic rings. The monoisotopic (exact) mass is 559 g/mol. The minimum absolute atomic E-state index is 0.0500. The van der Waals surface area contributed by atoms with Crippen LogP contribution in [0.3, 0.4) is 0 Å². The molecule has 0 heterocycles. The van der Waals surface area contributed by atoms with Gasteiger partial charge in [-0.05, 0) is 48.2 Å². The SMILES string of the molecule is COc1ccc(Cl)c(NC(=O)c2cc3ccccc3c(N=Nc3cc(C)cc(S(=O)(=O)O)c3Cl)c2O)c1. The number of amides is 1. The smallest absolute Gasteiger partial charge is 0.296 e. The minimum atomic E-state index is -4.62. The molecule has 9 nitrogen and oxygen atoms in total. The van der Waals surface area contributed by atoms with Crippen molar-refractivity contribution in [2.45, 2.75) is 11.8 Å². The van der Waals surface area contributed by atoms with E-state index in [2.05, 4.69) is 15.5 Å². The van der Waals surface area contributed by atoms with Crippen LogP contribution in [0.4, 0.5) is 17.1 Å². The first-order valence-corrected chi connectivity index (χ1v) is 12.8. The van der Waals surface area contributed by atoms with Crippen LogP contribution in [0.5, 0.6) is 11.5 Å². The molecule has 0 atom stereocenters. The molecule has 0 aromatic heterocycles. The van der Waals surface area contributed by atoms with E-state index in [0.29, 0.717) is 22.1 Å². The molecule has 0 radical (unpaired) electrons. The summed E-state index contributed by atoms with van der Waals surface area (Å²) in [4.78, 5) is 12.6. The number of halogens is 2. The molecule has 0 bridgehead atoms. The quantitative estimate of drug-likeness (QED) is 0.170. The van der Waals surface area contributed by atoms with Crippen molar-refractivity contribution in [2.75, 3.05) is 12.4 Å². The molecule has 0 spiro atoms. The maximum Gasteiger partial charge on any atom is 0.296 e. The summed E-state index contributed by atoms with van der Waals surface area (Å²) in [7, 11) is -3.14. The Hall–Kier alpha value is -3.70. The molecule has 0 aliphatic heterocycles. The molecule has 1 amide bonds. The number of aromatic hydroxyl groups is 1. The van der Waals surface area contributed by atoms with Gasteiger partial charge in [0.25, 0.3) is 16.0 Å². The Morgan fingerprint density at radius 1 is 1.03 bits per heavy atom. The topological polar surface area (TPSA) is 138 Å². The van der Waals surface area contributed by atoms with E-state index in [0.717, 1.165) is 0 Å². The van der Waals surface area contributed by atoms with Gasteiger partial charge < -0.3 is 15.2 Å². The number of anilines is 1. The highest BCUT2D eigenvalue weighted by molar-refractivity contribution is 7.86. The van der Waals surface area contributed by atoms with Crippen molar-refractivity contribution in [3.63, 3.8) is 0 Å². The van der Waals surface area contributed by atoms with Gasteiger partial charge in [-0.15, -0.1) is 10.2 Å². The van der Waals surface area contributed by atoms with Gasteiger partial charge in [0, 0.05) is 11.5 Å². The molecular weight excluding hydrogens is 541 g/mol. The Labute approximate surface area is 222 Å². The summed E-state index contributed by atoms with van der Waals surface area (Å²) in [6, 6.07) is 15.7. The van der Waals surface area contributed by atoms with E-state index in [1.54, 1.807) is 43.3 Å². The molecule has 37 heavy (non-hydrogen) atoms. The summed E-state index contributed by atoms with van der Waals surface area (Å²) in [5, 5.41) is 22.8. The van der Waals surface area contributed by atoms with Gasteiger partial charge in [0.05, 0.1) is 28.4 Å². The maximum absolute atomic E-state index is 13.2. The van der Waals surface area contributed by atoms with Crippen LogP contribution in [0.15, 0.2) is 75.8 Å². The Bertz CT molecular complexity index is 1690. The summed E-state index contributed by atoms with van der Waals surface area (Å²) < 4.78 is 38.0. The fourth-order valence-corrected chi connectivity index (χ4v) is 4.86. The van der Waals surface area contributed by atoms with Crippen molar-refractivity contribution in [1.29, 1.82) is 0 Å². The van der Waals surface area contributed by atoms with Crippen molar-refractivity contribution in [1.82, 2.24) is 0 Å². The first-order valence-electron chi connectivity index (χ1n) is 10.6. The number of benzene rings is 4. The van der Waals surface area contributed by atoms with E-state index in [-0.39, 0.29) is 32.7 Å². The third-order valence-corrected chi connectivity index (χ3v) is 7.08. The third kappa shape index (κ3) is 5.52. The molecule has 12 heteroatoms. The zero-order valence-electron chi connectivity index (χ0n) is 19.4. The van der Waals surface area contributed by atoms with Crippen LogP contribution in [-0.2, 0) is 10.1 Å². The average molecular weight is 560 g/mol. The van der Waals surface area contributed by atoms with Gasteiger partial charge in [0.2, 0.25) is 0 Å². The molecule has 0 unspecified atom stereocenters. The van der Waals surface area contributed by atoms with Gasteiger partial charge in [0.15, 0.2) is 5.75 Å². The number of hydrogen-bond acceptors (Lipinski definition) is 7. The number of methoxy groups -OCH3 is 1. The van der Waals surface area contributed by atoms with Gasteiger partial charge in [-0.3, -0.25) is 9.35 Å². The van der Waals surface area contributed by atoms with E-state index in [4.69, 9.17) is 27.9 Å². The van der Waals surface area contributed by atoms with E-state index >= 15 is 0 Å². The second-order valence-corrected chi connectivity index (χ2v) is 10.1. The van der Waals surface area contributed by atoms with Crippen molar-refractivity contribution >= 4 is 67.1 Å². The van der Waals surface area contributed by atoms with Crippen molar-refractivity contribution in [3.05, 3.63) is 81.8 Å². The lowest BCUT2D eigenvalue weighted by atomic mass is 10.0. The van der Waals surface area contributed by atoms with Gasteiger partial charge in [-0.25, -0.2) is 0 Å². The molecule has 0 saturated carbocycles. The Balaban J connectivity index is 1.82. The minimum Gasteiger partial charge on any atom is -0.505 e. The first kappa shape index (κ1) is 26.4. The van der Waals surface area contributed by atoms with E-state index in [9.17, 15) is 22.9 Å². The predicted octanol–water partition coefficient (Wildman–Crippen LogP) is 7.08. The zero-order valence-corrected chi connectivity index (χ0v) is 21.7. The summed E-state index contributed by atoms with van der Waals surface area (Å²) in [6.45, 7) is 1.59. The highest BCUT2D eigenvalue weighted by Crippen LogP contribution is 2.41. The van der Waals surface area contributed by atoms with Crippen LogP contribution in [-0.4, -0.2) is 31.1 Å². The van der Waals surface area contributed by atoms with Gasteiger partial charge in [-0.1, -0.05) is 47.5 Å². The van der Waals surface area contributed by atoms with Crippen molar-refractivity contribution in [2.24, 2.45) is 10.2 Å². The molecule has 0 aliphatic carbocycles. The molecule has 0 aliphatic rings. The molecule has 4 aromatic carbocycles. The molecule has 4 rings (SSSR count). The number of carbonyl (C=O) groups is 1. The van der Waals surface area contributed by atoms with E-state index in [1.165, 1.54) is 31.4 Å². The number of carbonyl (C=O) groups excluding carboxylic acids is 1. The first-order chi connectivity index (χ1) is 17.5. The number of phenolic OH excluding ortho intramolecular Hbond substituents is 1. The van der Waals surface area contributed by atoms with Crippen LogP contribution >= 0.6 is 23.2 Å². The van der Waals surface area contributed by atoms with E-state index in [1.807, 2.05) is 0 Å². The fourth-order valence-electron chi connectivity index (χ4n) is 3.59. The predicted molar refractivity (Wildman–Crippen MR) is 142 cm³/mol. The summed E-state index contributed by atoms with van der Waals surface area (Å²) in [6.07, 6.45) is 0. The van der Waals surface area contributed by atoms with Crippen LogP contribution in [0.25, 0.3) is 10.8 Å². The Morgan fingerprint density at radius 2 is 1.76 bits per heavy atom. The van der Waals surface area contributed by atoms with E-state index < -0.39 is 26.7 Å². The maximum atomic E-state index is 13.2. The van der Waals surface area contributed by atoms with Crippen LogP contribution in [0, 0.1) is 6.92 Å². The lowest BCUT2D eigenvalue weighted by Gasteiger charge is -2.13. The number of ether oxygens (including phenoxy) is 1. The largest absolute Gasteiger partial charge is 0.505 e. The average Bonchev–Trinajstić information content (AvgIpc) is 2.85. The van der Waals surface area contributed by atoms with Crippen molar-refractivity contribution in [3.8, 4) is 11.5 Å². The zero-order chi connectivity index (χ0) is 26.9. The third-order valence-electron chi connectivity index (χ3n) is 5.36. The Kier molecular flexibility index (Phi) is 7.37. The van der Waals surface area contributed by atoms with Crippen LogP contribution in [0.1, 0.15) is 15.9 Å². The normalized spacial score (nSPS) is 11.7. The Morgan fingerprint density at radius 3 is 2.46 bits per heavy atom. The second kappa shape index (κ2) is 10.3. The van der Waals surface area contributed by atoms with Gasteiger partial charge >= 0.3 is 0 Å². The van der Waals surface area contributed by atoms with Crippen LogP contribution in [0.2, 0.25) is 10.0 Å². The molecule has 190 valence electrons. The second-order valence-electron chi connectivity index (χ2n) is 7.91. The summed E-state index contributed by atoms with van der Waals surface area (Å²) >= 11 is 12.4. The molecule has 0 saturated heterocycles. The number of nitrogens with one attached hydrogen (secondary N) is 1. The number of phenols is 1. The van der Waals surface area contributed by atoms with Crippen molar-refractivity contribution < 1.29 is 27.6 Å². The number of hydrogen-bond donors (Lipinski definition) is 3. The van der Waals surface area contributed by atoms with Crippen LogP contribution < -0.4 is 10.1 Å². The van der Waals surface area contributed by atoms with Gasteiger partial charge in [-0.2, -0.15) is 8.42 Å². The number of fused-ring (bicyclic) bond motifs is 1.